The molecule has 3 nitrogen and oxygen atoms in total. The lowest BCUT2D eigenvalue weighted by Gasteiger charge is -2.31. The zero-order valence-electron chi connectivity index (χ0n) is 13.2. The molecule has 0 N–H and O–H groups in total. The third kappa shape index (κ3) is 2.33. The fourth-order valence-corrected chi connectivity index (χ4v) is 3.49. The Labute approximate surface area is 135 Å². The van der Waals surface area contributed by atoms with E-state index in [0.29, 0.717) is 11.1 Å². The highest BCUT2D eigenvalue weighted by molar-refractivity contribution is 6.30. The smallest absolute Gasteiger partial charge is 0.177 e. The van der Waals surface area contributed by atoms with Crippen LogP contribution >= 0.6 is 0 Å². The van der Waals surface area contributed by atoms with Crippen molar-refractivity contribution in [3.05, 3.63) is 71.3 Å². The minimum Gasteiger partial charge on any atom is -0.300 e. The molecule has 23 heavy (non-hydrogen) atoms. The van der Waals surface area contributed by atoms with Gasteiger partial charge in [-0.1, -0.05) is 54.6 Å². The molecule has 3 heteroatoms. The highest BCUT2D eigenvalue weighted by Crippen LogP contribution is 2.48. The molecule has 0 saturated carbocycles. The number of Topliss-reactive ketones (excluding diaryl/α,β-unsaturated/α-hetero) is 3. The van der Waals surface area contributed by atoms with E-state index in [1.54, 1.807) is 31.2 Å². The first-order valence-corrected chi connectivity index (χ1v) is 7.69. The maximum absolute atomic E-state index is 13.0. The van der Waals surface area contributed by atoms with Crippen molar-refractivity contribution < 1.29 is 14.4 Å². The van der Waals surface area contributed by atoms with Crippen molar-refractivity contribution in [2.75, 3.05) is 0 Å². The molecule has 0 spiro atoms. The molecular weight excluding hydrogens is 288 g/mol. The first-order valence-electron chi connectivity index (χ1n) is 7.69. The molecule has 2 aromatic carbocycles. The van der Waals surface area contributed by atoms with Gasteiger partial charge in [-0.3, -0.25) is 9.59 Å². The van der Waals surface area contributed by atoms with Crippen LogP contribution in [0.3, 0.4) is 0 Å². The predicted octanol–water partition coefficient (Wildman–Crippen LogP) is 3.83. The van der Waals surface area contributed by atoms with Gasteiger partial charge >= 0.3 is 0 Å². The summed E-state index contributed by atoms with van der Waals surface area (Å²) in [4.78, 5) is 37.8. The van der Waals surface area contributed by atoms with Crippen LogP contribution in [0.2, 0.25) is 0 Å². The van der Waals surface area contributed by atoms with E-state index in [2.05, 4.69) is 0 Å². The van der Waals surface area contributed by atoms with Gasteiger partial charge in [-0.05, 0) is 19.4 Å². The lowest BCUT2D eigenvalue weighted by molar-refractivity contribution is -0.117. The van der Waals surface area contributed by atoms with Crippen LogP contribution < -0.4 is 0 Å². The van der Waals surface area contributed by atoms with Gasteiger partial charge in [0.1, 0.15) is 11.2 Å². The summed E-state index contributed by atoms with van der Waals surface area (Å²) in [5.74, 6) is -0.855. The van der Waals surface area contributed by atoms with E-state index in [1.807, 2.05) is 30.3 Å². The molecule has 1 unspecified atom stereocenters. The molecule has 116 valence electrons. The molecule has 1 aliphatic rings. The Morgan fingerprint density at radius 1 is 0.913 bits per heavy atom. The summed E-state index contributed by atoms with van der Waals surface area (Å²) in [6, 6.07) is 16.3. The SMILES string of the molecule is CC(=O)CC(c1ccccc1)C1(C)C(=O)c2ccccc2C1=O. The normalized spacial score (nSPS) is 17.0. The molecule has 0 radical (unpaired) electrons. The third-order valence-electron chi connectivity index (χ3n) is 4.75. The summed E-state index contributed by atoms with van der Waals surface area (Å²) in [7, 11) is 0. The molecule has 0 fully saturated rings. The number of hydrogen-bond donors (Lipinski definition) is 0. The van der Waals surface area contributed by atoms with E-state index in [1.165, 1.54) is 6.92 Å². The number of hydrogen-bond acceptors (Lipinski definition) is 3. The molecule has 1 atom stereocenters. The van der Waals surface area contributed by atoms with Crippen molar-refractivity contribution in [1.82, 2.24) is 0 Å². The first kappa shape index (κ1) is 15.3. The molecule has 3 rings (SSSR count). The van der Waals surface area contributed by atoms with Gasteiger partial charge in [-0.15, -0.1) is 0 Å². The highest BCUT2D eigenvalue weighted by atomic mass is 16.2. The van der Waals surface area contributed by atoms with Crippen molar-refractivity contribution in [2.24, 2.45) is 5.41 Å². The van der Waals surface area contributed by atoms with Crippen LogP contribution in [0.15, 0.2) is 54.6 Å². The van der Waals surface area contributed by atoms with Gasteiger partial charge in [0, 0.05) is 23.5 Å². The number of carbonyl (C=O) groups is 3. The van der Waals surface area contributed by atoms with Crippen LogP contribution in [-0.4, -0.2) is 17.3 Å². The molecule has 0 saturated heterocycles. The fraction of sp³-hybridized carbons (Fsp3) is 0.250. The molecule has 0 aliphatic heterocycles. The van der Waals surface area contributed by atoms with Gasteiger partial charge in [0.25, 0.3) is 0 Å². The van der Waals surface area contributed by atoms with Crippen LogP contribution in [0.1, 0.15) is 52.5 Å². The summed E-state index contributed by atoms with van der Waals surface area (Å²) in [6.07, 6.45) is 0.173. The Morgan fingerprint density at radius 3 is 1.87 bits per heavy atom. The molecule has 0 amide bonds. The first-order chi connectivity index (χ1) is 11.0. The Balaban J connectivity index is 2.15. The highest BCUT2D eigenvalue weighted by Gasteiger charge is 2.54. The zero-order valence-corrected chi connectivity index (χ0v) is 13.2. The van der Waals surface area contributed by atoms with E-state index >= 15 is 0 Å². The molecule has 0 heterocycles. The zero-order chi connectivity index (χ0) is 16.6. The average Bonchev–Trinajstić information content (AvgIpc) is 2.76. The predicted molar refractivity (Wildman–Crippen MR) is 87.7 cm³/mol. The van der Waals surface area contributed by atoms with Crippen molar-refractivity contribution >= 4 is 17.3 Å². The lowest BCUT2D eigenvalue weighted by atomic mass is 9.68. The van der Waals surface area contributed by atoms with E-state index < -0.39 is 11.3 Å². The maximum Gasteiger partial charge on any atom is 0.177 e. The molecular formula is C20H18O3. The van der Waals surface area contributed by atoms with Gasteiger partial charge in [0.2, 0.25) is 0 Å². The van der Waals surface area contributed by atoms with Crippen molar-refractivity contribution in [3.63, 3.8) is 0 Å². The van der Waals surface area contributed by atoms with Gasteiger partial charge < -0.3 is 4.79 Å². The quantitative estimate of drug-likeness (QED) is 0.807. The minimum atomic E-state index is -1.23. The van der Waals surface area contributed by atoms with Crippen LogP contribution in [0.25, 0.3) is 0 Å². The summed E-state index contributed by atoms with van der Waals surface area (Å²) in [5.41, 5.74) is 0.546. The number of benzene rings is 2. The van der Waals surface area contributed by atoms with Gasteiger partial charge in [-0.2, -0.15) is 0 Å². The van der Waals surface area contributed by atoms with Gasteiger partial charge in [-0.25, -0.2) is 0 Å². The van der Waals surface area contributed by atoms with Crippen LogP contribution in [0.4, 0.5) is 0 Å². The number of fused-ring (bicyclic) bond motifs is 1. The second-order valence-electron chi connectivity index (χ2n) is 6.28. The molecule has 1 aliphatic carbocycles. The largest absolute Gasteiger partial charge is 0.300 e. The van der Waals surface area contributed by atoms with Gasteiger partial charge in [0.15, 0.2) is 11.6 Å². The van der Waals surface area contributed by atoms with Crippen molar-refractivity contribution in [2.45, 2.75) is 26.2 Å². The van der Waals surface area contributed by atoms with Crippen molar-refractivity contribution in [1.29, 1.82) is 0 Å². The Kier molecular flexibility index (Phi) is 3.72. The number of ketones is 3. The Bertz CT molecular complexity index is 755. The van der Waals surface area contributed by atoms with Crippen LogP contribution in [0, 0.1) is 5.41 Å². The van der Waals surface area contributed by atoms with E-state index in [-0.39, 0.29) is 23.8 Å². The molecule has 0 aromatic heterocycles. The summed E-state index contributed by atoms with van der Waals surface area (Å²) in [5, 5.41) is 0. The average molecular weight is 306 g/mol. The maximum atomic E-state index is 13.0. The fourth-order valence-electron chi connectivity index (χ4n) is 3.49. The number of carbonyl (C=O) groups excluding carboxylic acids is 3. The monoisotopic (exact) mass is 306 g/mol. The van der Waals surface area contributed by atoms with Crippen LogP contribution in [0.5, 0.6) is 0 Å². The van der Waals surface area contributed by atoms with Crippen LogP contribution in [-0.2, 0) is 4.79 Å². The minimum absolute atomic E-state index is 0.0309. The van der Waals surface area contributed by atoms with Gasteiger partial charge in [0.05, 0.1) is 0 Å². The van der Waals surface area contributed by atoms with E-state index in [4.69, 9.17) is 0 Å². The second-order valence-corrected chi connectivity index (χ2v) is 6.28. The molecule has 0 bridgehead atoms. The number of rotatable bonds is 4. The lowest BCUT2D eigenvalue weighted by Crippen LogP contribution is -2.37. The van der Waals surface area contributed by atoms with E-state index in [0.717, 1.165) is 5.56 Å². The van der Waals surface area contributed by atoms with E-state index in [9.17, 15) is 14.4 Å². The molecule has 2 aromatic rings. The topological polar surface area (TPSA) is 51.2 Å². The third-order valence-corrected chi connectivity index (χ3v) is 4.75. The van der Waals surface area contributed by atoms with Crippen molar-refractivity contribution in [3.8, 4) is 0 Å². The summed E-state index contributed by atoms with van der Waals surface area (Å²) >= 11 is 0. The second kappa shape index (κ2) is 5.58. The standard InChI is InChI=1S/C20H18O3/c1-13(21)12-17(14-8-4-3-5-9-14)20(2)18(22)15-10-6-7-11-16(15)19(20)23/h3-11,17H,12H2,1-2H3. The summed E-state index contributed by atoms with van der Waals surface area (Å²) < 4.78 is 0. The summed E-state index contributed by atoms with van der Waals surface area (Å²) in [6.45, 7) is 3.18. The Morgan fingerprint density at radius 2 is 1.39 bits per heavy atom. The Hall–Kier alpha value is -2.55.